The first-order valence-electron chi connectivity index (χ1n) is 6.45. The number of hydrogen-bond donors (Lipinski definition) is 0. The summed E-state index contributed by atoms with van der Waals surface area (Å²) in [6, 6.07) is 19.9. The Morgan fingerprint density at radius 3 is 2.15 bits per heavy atom. The summed E-state index contributed by atoms with van der Waals surface area (Å²) in [6.07, 6.45) is 0. The molecule has 3 heteroatoms. The first-order chi connectivity index (χ1) is 9.79. The highest BCUT2D eigenvalue weighted by Gasteiger charge is 2.00. The zero-order valence-corrected chi connectivity index (χ0v) is 11.5. The van der Waals surface area contributed by atoms with Gasteiger partial charge >= 0.3 is 0 Å². The molecule has 0 aliphatic rings. The molecule has 0 spiro atoms. The molecule has 0 bridgehead atoms. The lowest BCUT2D eigenvalue weighted by atomic mass is 10.2. The van der Waals surface area contributed by atoms with Crippen molar-refractivity contribution in [1.82, 2.24) is 0 Å². The van der Waals surface area contributed by atoms with Crippen molar-refractivity contribution in [2.24, 2.45) is 15.0 Å². The number of hydrogen-bond acceptors (Lipinski definition) is 1. The molecule has 2 aromatic rings. The predicted octanol–water partition coefficient (Wildman–Crippen LogP) is 3.75. The van der Waals surface area contributed by atoms with Gasteiger partial charge in [0.2, 0.25) is 0 Å². The average Bonchev–Trinajstić information content (AvgIpc) is 2.52. The Labute approximate surface area is 119 Å². The summed E-state index contributed by atoms with van der Waals surface area (Å²) >= 11 is 0. The average molecular weight is 263 g/mol. The molecule has 0 aromatic heterocycles. The molecular weight excluding hydrogens is 246 g/mol. The largest absolute Gasteiger partial charge is 0.266 e. The third kappa shape index (κ3) is 3.99. The summed E-state index contributed by atoms with van der Waals surface area (Å²) in [6.45, 7) is 6.07. The summed E-state index contributed by atoms with van der Waals surface area (Å²) in [4.78, 5) is 12.8. The van der Waals surface area contributed by atoms with Gasteiger partial charge in [-0.3, -0.25) is 4.99 Å². The van der Waals surface area contributed by atoms with Crippen molar-refractivity contribution >= 4 is 18.4 Å². The molecule has 0 atom stereocenters. The minimum Gasteiger partial charge on any atom is -0.266 e. The lowest BCUT2D eigenvalue weighted by molar-refractivity contribution is 1.06. The predicted molar refractivity (Wildman–Crippen MR) is 85.8 cm³/mol. The van der Waals surface area contributed by atoms with Crippen LogP contribution in [0.25, 0.3) is 0 Å². The molecule has 0 unspecified atom stereocenters. The van der Waals surface area contributed by atoms with Crippen molar-refractivity contribution in [3.05, 3.63) is 71.8 Å². The maximum atomic E-state index is 4.45. The van der Waals surface area contributed by atoms with Crippen molar-refractivity contribution in [2.75, 3.05) is 0 Å². The monoisotopic (exact) mass is 263 g/mol. The molecule has 0 aliphatic heterocycles. The number of amidine groups is 2. The summed E-state index contributed by atoms with van der Waals surface area (Å²) in [5.74, 6) is 1.29. The maximum Gasteiger partial charge on any atom is 0.160 e. The molecule has 0 fully saturated rings. The molecule has 0 N–H and O–H groups in total. The van der Waals surface area contributed by atoms with E-state index in [1.165, 1.54) is 0 Å². The van der Waals surface area contributed by atoms with E-state index < -0.39 is 0 Å². The second-order valence-electron chi connectivity index (χ2n) is 4.31. The van der Waals surface area contributed by atoms with E-state index in [0.717, 1.165) is 11.1 Å². The second kappa shape index (κ2) is 7.14. The molecule has 2 rings (SSSR count). The van der Waals surface area contributed by atoms with Gasteiger partial charge in [0.15, 0.2) is 5.84 Å². The summed E-state index contributed by atoms with van der Waals surface area (Å²) in [5, 5.41) is 0. The molecule has 2 aromatic carbocycles. The van der Waals surface area contributed by atoms with E-state index in [2.05, 4.69) is 21.7 Å². The third-order valence-electron chi connectivity index (χ3n) is 2.78. The number of nitrogens with zero attached hydrogens (tertiary/aromatic N) is 3. The SMILES string of the molecule is C=NC(=NC(C)=NCc1ccccc1)c1ccccc1. The van der Waals surface area contributed by atoms with Gasteiger partial charge in [0, 0.05) is 5.56 Å². The quantitative estimate of drug-likeness (QED) is 0.597. The highest BCUT2D eigenvalue weighted by atomic mass is 15.0. The van der Waals surface area contributed by atoms with Crippen LogP contribution in [0.5, 0.6) is 0 Å². The molecule has 100 valence electrons. The van der Waals surface area contributed by atoms with Crippen LogP contribution in [0.3, 0.4) is 0 Å². The Bertz CT molecular complexity index is 613. The summed E-state index contributed by atoms with van der Waals surface area (Å²) in [5.41, 5.74) is 2.10. The van der Waals surface area contributed by atoms with E-state index in [9.17, 15) is 0 Å². The van der Waals surface area contributed by atoms with Gasteiger partial charge in [-0.2, -0.15) is 0 Å². The Hall–Kier alpha value is -2.55. The molecule has 0 saturated carbocycles. The van der Waals surface area contributed by atoms with Gasteiger partial charge in [-0.05, 0) is 19.2 Å². The fourth-order valence-corrected chi connectivity index (χ4v) is 1.76. The Morgan fingerprint density at radius 2 is 1.55 bits per heavy atom. The Morgan fingerprint density at radius 1 is 0.950 bits per heavy atom. The lowest BCUT2D eigenvalue weighted by Gasteiger charge is -2.01. The van der Waals surface area contributed by atoms with E-state index in [1.54, 1.807) is 0 Å². The molecule has 0 saturated heterocycles. The van der Waals surface area contributed by atoms with Gasteiger partial charge in [-0.1, -0.05) is 60.7 Å². The van der Waals surface area contributed by atoms with Crippen molar-refractivity contribution in [3.8, 4) is 0 Å². The van der Waals surface area contributed by atoms with Crippen LogP contribution in [0.15, 0.2) is 75.6 Å². The highest BCUT2D eigenvalue weighted by molar-refractivity contribution is 6.07. The number of benzene rings is 2. The standard InChI is InChI=1S/C17H17N3/c1-14(19-13-15-9-5-3-6-10-15)20-17(18-2)16-11-7-4-8-12-16/h3-12H,2,13H2,1H3. The molecule has 0 heterocycles. The van der Waals surface area contributed by atoms with Gasteiger partial charge in [0.1, 0.15) is 5.84 Å². The summed E-state index contributed by atoms with van der Waals surface area (Å²) in [7, 11) is 0. The van der Waals surface area contributed by atoms with Crippen molar-refractivity contribution in [1.29, 1.82) is 0 Å². The van der Waals surface area contributed by atoms with Crippen molar-refractivity contribution < 1.29 is 0 Å². The van der Waals surface area contributed by atoms with Crippen molar-refractivity contribution in [3.63, 3.8) is 0 Å². The topological polar surface area (TPSA) is 37.1 Å². The van der Waals surface area contributed by atoms with Crippen LogP contribution in [0.4, 0.5) is 0 Å². The zero-order valence-electron chi connectivity index (χ0n) is 11.5. The van der Waals surface area contributed by atoms with E-state index in [0.29, 0.717) is 18.2 Å². The molecular formula is C17H17N3. The van der Waals surface area contributed by atoms with E-state index in [4.69, 9.17) is 0 Å². The minimum atomic E-state index is 0.597. The van der Waals surface area contributed by atoms with E-state index in [1.807, 2.05) is 67.6 Å². The van der Waals surface area contributed by atoms with Crippen molar-refractivity contribution in [2.45, 2.75) is 13.5 Å². The first-order valence-corrected chi connectivity index (χ1v) is 6.45. The molecule has 3 nitrogen and oxygen atoms in total. The van der Waals surface area contributed by atoms with E-state index >= 15 is 0 Å². The molecule has 20 heavy (non-hydrogen) atoms. The van der Waals surface area contributed by atoms with Gasteiger partial charge in [0.25, 0.3) is 0 Å². The smallest absolute Gasteiger partial charge is 0.160 e. The van der Waals surface area contributed by atoms with Gasteiger partial charge in [-0.15, -0.1) is 0 Å². The van der Waals surface area contributed by atoms with Crippen LogP contribution in [0.1, 0.15) is 18.1 Å². The normalized spacial score (nSPS) is 12.2. The van der Waals surface area contributed by atoms with Crippen LogP contribution in [-0.4, -0.2) is 18.4 Å². The maximum absolute atomic E-state index is 4.45. The van der Waals surface area contributed by atoms with Gasteiger partial charge in [0.05, 0.1) is 6.54 Å². The van der Waals surface area contributed by atoms with Crippen LogP contribution >= 0.6 is 0 Å². The second-order valence-corrected chi connectivity index (χ2v) is 4.31. The fraction of sp³-hybridized carbons (Fsp3) is 0.118. The van der Waals surface area contributed by atoms with Gasteiger partial charge < -0.3 is 0 Å². The Balaban J connectivity index is 2.13. The lowest BCUT2D eigenvalue weighted by Crippen LogP contribution is -2.00. The molecule has 0 amide bonds. The van der Waals surface area contributed by atoms with Crippen LogP contribution in [0.2, 0.25) is 0 Å². The van der Waals surface area contributed by atoms with Crippen LogP contribution in [0, 0.1) is 0 Å². The minimum absolute atomic E-state index is 0.597. The molecule has 0 aliphatic carbocycles. The number of aliphatic imine (C=N–C) groups is 3. The van der Waals surface area contributed by atoms with Gasteiger partial charge in [-0.25, -0.2) is 9.98 Å². The van der Waals surface area contributed by atoms with E-state index in [-0.39, 0.29) is 0 Å². The highest BCUT2D eigenvalue weighted by Crippen LogP contribution is 2.04. The van der Waals surface area contributed by atoms with Crippen LogP contribution in [-0.2, 0) is 6.54 Å². The fourth-order valence-electron chi connectivity index (χ4n) is 1.76. The Kier molecular flexibility index (Phi) is 4.95. The first kappa shape index (κ1) is 13.9. The zero-order chi connectivity index (χ0) is 14.2. The molecule has 0 radical (unpaired) electrons. The number of rotatable bonds is 3. The third-order valence-corrected chi connectivity index (χ3v) is 2.78. The van der Waals surface area contributed by atoms with Crippen LogP contribution < -0.4 is 0 Å². The summed E-state index contributed by atoms with van der Waals surface area (Å²) < 4.78 is 0.